The highest BCUT2D eigenvalue weighted by Crippen LogP contribution is 2.24. The van der Waals surface area contributed by atoms with E-state index in [2.05, 4.69) is 20.6 Å². The molecule has 0 aromatic carbocycles. The molecule has 2 aliphatic rings. The Balaban J connectivity index is 1.53. The van der Waals surface area contributed by atoms with Crippen molar-refractivity contribution in [2.45, 2.75) is 51.1 Å². The van der Waals surface area contributed by atoms with Crippen molar-refractivity contribution < 1.29 is 19.5 Å². The van der Waals surface area contributed by atoms with Crippen LogP contribution in [0, 0.1) is 0 Å². The van der Waals surface area contributed by atoms with Crippen molar-refractivity contribution in [3.05, 3.63) is 15.6 Å². The summed E-state index contributed by atoms with van der Waals surface area (Å²) in [6.07, 6.45) is 3.62. The van der Waals surface area contributed by atoms with Crippen LogP contribution in [0.3, 0.4) is 0 Å². The van der Waals surface area contributed by atoms with Gasteiger partial charge in [0.05, 0.1) is 12.2 Å². The molecule has 1 saturated carbocycles. The van der Waals surface area contributed by atoms with E-state index >= 15 is 0 Å². The van der Waals surface area contributed by atoms with Gasteiger partial charge in [-0.25, -0.2) is 14.8 Å². The molecule has 0 radical (unpaired) electrons. The van der Waals surface area contributed by atoms with E-state index in [4.69, 9.17) is 0 Å². The number of nitrogens with zero attached hydrogens (tertiary/aromatic N) is 3. The molecule has 3 rings (SSSR count). The summed E-state index contributed by atoms with van der Waals surface area (Å²) in [5, 5.41) is 13.2. The van der Waals surface area contributed by atoms with E-state index in [1.165, 1.54) is 11.3 Å². The Hall–Kier alpha value is -2.20. The highest BCUT2D eigenvalue weighted by molar-refractivity contribution is 7.13. The summed E-state index contributed by atoms with van der Waals surface area (Å²) in [6, 6.07) is 0.185. The zero-order valence-electron chi connectivity index (χ0n) is 15.4. The molecule has 3 amide bonds. The van der Waals surface area contributed by atoms with E-state index in [-0.39, 0.29) is 29.9 Å². The lowest BCUT2D eigenvalue weighted by molar-refractivity contribution is -0.122. The lowest BCUT2D eigenvalue weighted by atomic mass is 10.2. The molecule has 1 aromatic rings. The number of nitrogens with one attached hydrogen (secondary N) is 2. The summed E-state index contributed by atoms with van der Waals surface area (Å²) in [7, 11) is 2.01. The molecule has 0 atom stereocenters. The normalized spacial score (nSPS) is 17.4. The first-order valence-corrected chi connectivity index (χ1v) is 10.0. The molecular formula is C17H25N5O4S. The van der Waals surface area contributed by atoms with Crippen LogP contribution in [0.5, 0.6) is 0 Å². The maximum Gasteiger partial charge on any atom is 0.426 e. The molecule has 0 unspecified atom stereocenters. The van der Waals surface area contributed by atoms with E-state index in [0.29, 0.717) is 0 Å². The lowest BCUT2D eigenvalue weighted by Crippen LogP contribution is -2.47. The minimum Gasteiger partial charge on any atom is -0.464 e. The van der Waals surface area contributed by atoms with Gasteiger partial charge in [0.25, 0.3) is 5.91 Å². The second-order valence-electron chi connectivity index (χ2n) is 7.05. The summed E-state index contributed by atoms with van der Waals surface area (Å²) in [5.74, 6) is -0.759. The Bertz CT molecular complexity index is 716. The van der Waals surface area contributed by atoms with E-state index in [0.717, 1.165) is 60.8 Å². The predicted octanol–water partition coefficient (Wildman–Crippen LogP) is 1.20. The number of carbonyl (C=O) groups is 3. The number of carboxylic acid groups (broad SMARTS) is 1. The zero-order chi connectivity index (χ0) is 19.4. The van der Waals surface area contributed by atoms with Gasteiger partial charge in [0.15, 0.2) is 5.01 Å². The van der Waals surface area contributed by atoms with Gasteiger partial charge < -0.3 is 15.3 Å². The summed E-state index contributed by atoms with van der Waals surface area (Å²) in [4.78, 5) is 43.3. The van der Waals surface area contributed by atoms with Crippen LogP contribution in [0.2, 0.25) is 0 Å². The topological polar surface area (TPSA) is 115 Å². The van der Waals surface area contributed by atoms with E-state index in [1.807, 2.05) is 7.05 Å². The first-order valence-electron chi connectivity index (χ1n) is 9.20. The molecule has 10 heteroatoms. The van der Waals surface area contributed by atoms with E-state index in [9.17, 15) is 19.5 Å². The molecule has 3 N–H and O–H groups in total. The number of fused-ring (bicyclic) bond motifs is 1. The minimum absolute atomic E-state index is 0.00223. The molecule has 1 aliphatic heterocycles. The van der Waals surface area contributed by atoms with Crippen LogP contribution >= 0.6 is 11.3 Å². The zero-order valence-corrected chi connectivity index (χ0v) is 16.2. The molecule has 27 heavy (non-hydrogen) atoms. The van der Waals surface area contributed by atoms with Gasteiger partial charge in [-0.1, -0.05) is 12.8 Å². The fourth-order valence-corrected chi connectivity index (χ4v) is 4.45. The fraction of sp³-hybridized carbons (Fsp3) is 0.647. The molecule has 0 bridgehead atoms. The second-order valence-corrected chi connectivity index (χ2v) is 8.13. The van der Waals surface area contributed by atoms with E-state index < -0.39 is 12.0 Å². The number of amides is 3. The summed E-state index contributed by atoms with van der Waals surface area (Å²) >= 11 is 1.28. The molecule has 9 nitrogen and oxygen atoms in total. The standard InChI is InChI=1S/C17H25N5O4S/c1-21-8-6-12-13(10-21)27-16(19-12)15(24)20-22(17(25)26)9-7-14(23)18-11-4-2-3-5-11/h11H,2-10H2,1H3,(H,18,23)(H,20,24)(H,25,26). The van der Waals surface area contributed by atoms with Gasteiger partial charge in [0, 0.05) is 36.9 Å². The average Bonchev–Trinajstić information content (AvgIpc) is 3.27. The van der Waals surface area contributed by atoms with Crippen LogP contribution in [-0.4, -0.2) is 64.1 Å². The van der Waals surface area contributed by atoms with Gasteiger partial charge in [0.1, 0.15) is 0 Å². The Morgan fingerprint density at radius 3 is 2.78 bits per heavy atom. The number of likely N-dealkylation sites (N-methyl/N-ethyl adjacent to an activating group) is 1. The summed E-state index contributed by atoms with van der Waals surface area (Å²) in [6.45, 7) is 1.52. The van der Waals surface area contributed by atoms with Crippen LogP contribution in [0.15, 0.2) is 0 Å². The number of carbonyl (C=O) groups excluding carboxylic acids is 2. The smallest absolute Gasteiger partial charge is 0.426 e. The molecule has 1 aliphatic carbocycles. The van der Waals surface area contributed by atoms with Gasteiger partial charge >= 0.3 is 6.09 Å². The van der Waals surface area contributed by atoms with Crippen LogP contribution in [-0.2, 0) is 17.8 Å². The largest absolute Gasteiger partial charge is 0.464 e. The maximum atomic E-state index is 12.4. The van der Waals surface area contributed by atoms with Gasteiger partial charge in [0.2, 0.25) is 5.91 Å². The third-order valence-corrected chi connectivity index (χ3v) is 5.95. The fourth-order valence-electron chi connectivity index (χ4n) is 3.37. The quantitative estimate of drug-likeness (QED) is 0.646. The number of rotatable bonds is 5. The van der Waals surface area contributed by atoms with Gasteiger partial charge in [-0.05, 0) is 19.9 Å². The first-order chi connectivity index (χ1) is 12.9. The Morgan fingerprint density at radius 2 is 2.07 bits per heavy atom. The number of hydrogen-bond acceptors (Lipinski definition) is 6. The van der Waals surface area contributed by atoms with Crippen LogP contribution in [0.4, 0.5) is 4.79 Å². The number of thiazole rings is 1. The van der Waals surface area contributed by atoms with Gasteiger partial charge in [-0.15, -0.1) is 11.3 Å². The number of hydrazine groups is 1. The number of hydrogen-bond donors (Lipinski definition) is 3. The summed E-state index contributed by atoms with van der Waals surface area (Å²) in [5.41, 5.74) is 3.26. The van der Waals surface area contributed by atoms with Crippen molar-refractivity contribution in [3.8, 4) is 0 Å². The van der Waals surface area contributed by atoms with Crippen molar-refractivity contribution >= 4 is 29.2 Å². The van der Waals surface area contributed by atoms with Crippen molar-refractivity contribution in [1.82, 2.24) is 25.6 Å². The molecule has 1 fully saturated rings. The van der Waals surface area contributed by atoms with Crippen molar-refractivity contribution in [1.29, 1.82) is 0 Å². The monoisotopic (exact) mass is 395 g/mol. The minimum atomic E-state index is -1.31. The maximum absolute atomic E-state index is 12.4. The molecule has 0 saturated heterocycles. The summed E-state index contributed by atoms with van der Waals surface area (Å²) < 4.78 is 0. The molecule has 0 spiro atoms. The Labute approximate surface area is 161 Å². The third-order valence-electron chi connectivity index (χ3n) is 4.87. The van der Waals surface area contributed by atoms with Crippen molar-refractivity contribution in [3.63, 3.8) is 0 Å². The van der Waals surface area contributed by atoms with Gasteiger partial charge in [-0.2, -0.15) is 0 Å². The second kappa shape index (κ2) is 8.66. The third kappa shape index (κ3) is 5.16. The lowest BCUT2D eigenvalue weighted by Gasteiger charge is -2.20. The van der Waals surface area contributed by atoms with Crippen LogP contribution in [0.25, 0.3) is 0 Å². The van der Waals surface area contributed by atoms with Crippen molar-refractivity contribution in [2.75, 3.05) is 20.1 Å². The van der Waals surface area contributed by atoms with Crippen molar-refractivity contribution in [2.24, 2.45) is 0 Å². The highest BCUT2D eigenvalue weighted by atomic mass is 32.1. The molecule has 148 valence electrons. The Morgan fingerprint density at radius 1 is 1.33 bits per heavy atom. The first kappa shape index (κ1) is 19.6. The highest BCUT2D eigenvalue weighted by Gasteiger charge is 2.24. The Kier molecular flexibility index (Phi) is 6.27. The number of aromatic nitrogens is 1. The van der Waals surface area contributed by atoms with Gasteiger partial charge in [-0.3, -0.25) is 15.0 Å². The predicted molar refractivity (Wildman–Crippen MR) is 99.4 cm³/mol. The molecule has 1 aromatic heterocycles. The van der Waals surface area contributed by atoms with Crippen LogP contribution in [0.1, 0.15) is 52.5 Å². The van der Waals surface area contributed by atoms with Crippen LogP contribution < -0.4 is 10.7 Å². The average molecular weight is 395 g/mol. The SMILES string of the molecule is CN1CCc2nc(C(=O)NN(CCC(=O)NC3CCCC3)C(=O)O)sc2C1. The molecular weight excluding hydrogens is 370 g/mol. The van der Waals surface area contributed by atoms with E-state index in [1.54, 1.807) is 0 Å². The molecule has 2 heterocycles.